The van der Waals surface area contributed by atoms with Crippen molar-refractivity contribution in [2.24, 2.45) is 0 Å². The quantitative estimate of drug-likeness (QED) is 0.186. The standard InChI is InChI=1S/C31H38N4O5S2/c1-6-33(7-2)18-19-35(31-32-26-20-27(39-4)28(40-5)21-29(26)41-31)30(36)24-14-16-25(17-15-24)42(37,38)34(8-3)22-23-12-10-9-11-13-23/h9-17,20-21H,6-8,18-19,22H2,1-5H3. The first kappa shape index (κ1) is 31.4. The molecular weight excluding hydrogens is 572 g/mol. The summed E-state index contributed by atoms with van der Waals surface area (Å²) in [5.41, 5.74) is 1.99. The number of fused-ring (bicyclic) bond motifs is 1. The third-order valence-electron chi connectivity index (χ3n) is 7.19. The van der Waals surface area contributed by atoms with Gasteiger partial charge in [0.05, 0.1) is 29.3 Å². The lowest BCUT2D eigenvalue weighted by Crippen LogP contribution is -2.39. The van der Waals surface area contributed by atoms with Gasteiger partial charge >= 0.3 is 0 Å². The summed E-state index contributed by atoms with van der Waals surface area (Å²) in [5.74, 6) is 0.903. The smallest absolute Gasteiger partial charge is 0.260 e. The fraction of sp³-hybridized carbons (Fsp3) is 0.355. The van der Waals surface area contributed by atoms with E-state index in [1.165, 1.54) is 27.8 Å². The Kier molecular flexibility index (Phi) is 10.6. The Labute approximate surface area is 252 Å². The van der Waals surface area contributed by atoms with Crippen LogP contribution in [0.3, 0.4) is 0 Å². The number of likely N-dealkylation sites (N-methyl/N-ethyl adjacent to an activating group) is 1. The molecule has 3 aromatic carbocycles. The number of benzene rings is 3. The molecule has 0 saturated heterocycles. The van der Waals surface area contributed by atoms with Gasteiger partial charge in [0, 0.05) is 43.9 Å². The third-order valence-corrected chi connectivity index (χ3v) is 10.2. The number of rotatable bonds is 14. The number of methoxy groups -OCH3 is 2. The summed E-state index contributed by atoms with van der Waals surface area (Å²) in [5, 5.41) is 0.550. The number of carbonyl (C=O) groups excluding carboxylic acids is 1. The molecule has 11 heteroatoms. The third kappa shape index (κ3) is 6.92. The SMILES string of the molecule is CCN(CC)CCN(C(=O)c1ccc(S(=O)(=O)N(CC)Cc2ccccc2)cc1)c1nc2cc(OC)c(OC)cc2s1. The number of sulfonamides is 1. The summed E-state index contributed by atoms with van der Waals surface area (Å²) in [6, 6.07) is 19.3. The molecule has 0 radical (unpaired) electrons. The van der Waals surface area contributed by atoms with Gasteiger partial charge in [-0.1, -0.05) is 62.4 Å². The highest BCUT2D eigenvalue weighted by Gasteiger charge is 2.26. The number of ether oxygens (including phenoxy) is 2. The van der Waals surface area contributed by atoms with E-state index in [0.717, 1.165) is 23.4 Å². The van der Waals surface area contributed by atoms with Crippen LogP contribution in [0, 0.1) is 0 Å². The summed E-state index contributed by atoms with van der Waals surface area (Å²) in [4.78, 5) is 22.7. The fourth-order valence-corrected chi connectivity index (χ4v) is 7.09. The largest absolute Gasteiger partial charge is 0.493 e. The number of hydrogen-bond acceptors (Lipinski definition) is 8. The number of carbonyl (C=O) groups is 1. The molecule has 0 atom stereocenters. The van der Waals surface area contributed by atoms with Crippen LogP contribution in [0.15, 0.2) is 71.6 Å². The Morgan fingerprint density at radius 2 is 1.50 bits per heavy atom. The van der Waals surface area contributed by atoms with Crippen LogP contribution in [0.1, 0.15) is 36.7 Å². The van der Waals surface area contributed by atoms with Crippen molar-refractivity contribution in [1.29, 1.82) is 0 Å². The molecule has 4 rings (SSSR count). The molecule has 42 heavy (non-hydrogen) atoms. The monoisotopic (exact) mass is 610 g/mol. The van der Waals surface area contributed by atoms with E-state index < -0.39 is 10.0 Å². The van der Waals surface area contributed by atoms with E-state index >= 15 is 0 Å². The Bertz CT molecular complexity index is 1550. The summed E-state index contributed by atoms with van der Waals surface area (Å²) < 4.78 is 40.1. The van der Waals surface area contributed by atoms with E-state index in [9.17, 15) is 13.2 Å². The molecule has 1 heterocycles. The predicted octanol–water partition coefficient (Wildman–Crippen LogP) is 5.51. The first-order valence-corrected chi connectivity index (χ1v) is 16.2. The molecule has 1 aromatic heterocycles. The zero-order valence-electron chi connectivity index (χ0n) is 24.7. The van der Waals surface area contributed by atoms with Gasteiger partial charge in [-0.15, -0.1) is 0 Å². The van der Waals surface area contributed by atoms with Crippen molar-refractivity contribution >= 4 is 42.6 Å². The first-order valence-electron chi connectivity index (χ1n) is 14.0. The average molecular weight is 611 g/mol. The molecule has 0 aliphatic rings. The maximum Gasteiger partial charge on any atom is 0.260 e. The molecule has 0 fully saturated rings. The minimum Gasteiger partial charge on any atom is -0.493 e. The van der Waals surface area contributed by atoms with Crippen LogP contribution < -0.4 is 14.4 Å². The predicted molar refractivity (Wildman–Crippen MR) is 168 cm³/mol. The van der Waals surface area contributed by atoms with Crippen LogP contribution in [-0.2, 0) is 16.6 Å². The summed E-state index contributed by atoms with van der Waals surface area (Å²) in [6.45, 7) is 9.39. The second-order valence-electron chi connectivity index (χ2n) is 9.60. The normalized spacial score (nSPS) is 11.8. The van der Waals surface area contributed by atoms with Gasteiger partial charge in [-0.3, -0.25) is 9.69 Å². The van der Waals surface area contributed by atoms with E-state index in [0.29, 0.717) is 47.3 Å². The van der Waals surface area contributed by atoms with E-state index in [4.69, 9.17) is 14.5 Å². The van der Waals surface area contributed by atoms with Gasteiger partial charge in [0.15, 0.2) is 16.6 Å². The lowest BCUT2D eigenvalue weighted by atomic mass is 10.2. The van der Waals surface area contributed by atoms with Crippen LogP contribution in [0.2, 0.25) is 0 Å². The molecule has 4 aromatic rings. The number of hydrogen-bond donors (Lipinski definition) is 0. The Morgan fingerprint density at radius 1 is 0.857 bits per heavy atom. The van der Waals surface area contributed by atoms with Gasteiger partial charge in [0.2, 0.25) is 10.0 Å². The first-order chi connectivity index (χ1) is 20.2. The van der Waals surface area contributed by atoms with Crippen LogP contribution in [0.25, 0.3) is 10.2 Å². The van der Waals surface area contributed by atoms with Crippen molar-refractivity contribution in [3.05, 3.63) is 77.9 Å². The highest BCUT2D eigenvalue weighted by Crippen LogP contribution is 2.37. The lowest BCUT2D eigenvalue weighted by Gasteiger charge is -2.25. The molecule has 0 unspecified atom stereocenters. The van der Waals surface area contributed by atoms with Gasteiger partial charge in [-0.25, -0.2) is 13.4 Å². The molecule has 0 aliphatic heterocycles. The van der Waals surface area contributed by atoms with E-state index in [2.05, 4.69) is 18.7 Å². The molecule has 0 N–H and O–H groups in total. The number of anilines is 1. The van der Waals surface area contributed by atoms with Gasteiger partial charge < -0.3 is 14.4 Å². The van der Waals surface area contributed by atoms with Crippen LogP contribution in [0.5, 0.6) is 11.5 Å². The maximum absolute atomic E-state index is 13.9. The molecule has 0 bridgehead atoms. The summed E-state index contributed by atoms with van der Waals surface area (Å²) in [6.07, 6.45) is 0. The van der Waals surface area contributed by atoms with E-state index in [1.54, 1.807) is 37.3 Å². The minimum absolute atomic E-state index is 0.144. The van der Waals surface area contributed by atoms with Crippen molar-refractivity contribution in [2.45, 2.75) is 32.2 Å². The lowest BCUT2D eigenvalue weighted by molar-refractivity contribution is 0.0983. The minimum atomic E-state index is -3.76. The van der Waals surface area contributed by atoms with Crippen LogP contribution in [-0.4, -0.2) is 75.5 Å². The van der Waals surface area contributed by atoms with Crippen molar-refractivity contribution in [1.82, 2.24) is 14.2 Å². The highest BCUT2D eigenvalue weighted by atomic mass is 32.2. The van der Waals surface area contributed by atoms with Crippen molar-refractivity contribution in [3.8, 4) is 11.5 Å². The molecule has 0 aliphatic carbocycles. The van der Waals surface area contributed by atoms with Gasteiger partial charge in [-0.2, -0.15) is 4.31 Å². The maximum atomic E-state index is 13.9. The topological polar surface area (TPSA) is 92.3 Å². The number of thiazole rings is 1. The van der Waals surface area contributed by atoms with Crippen LogP contribution >= 0.6 is 11.3 Å². The molecule has 224 valence electrons. The molecule has 9 nitrogen and oxygen atoms in total. The highest BCUT2D eigenvalue weighted by molar-refractivity contribution is 7.89. The zero-order chi connectivity index (χ0) is 30.3. The van der Waals surface area contributed by atoms with Crippen LogP contribution in [0.4, 0.5) is 5.13 Å². The second-order valence-corrected chi connectivity index (χ2v) is 12.5. The molecular formula is C31H38N4O5S2. The molecule has 0 spiro atoms. The van der Waals surface area contributed by atoms with E-state index in [-0.39, 0.29) is 17.3 Å². The Morgan fingerprint density at radius 3 is 2.10 bits per heavy atom. The van der Waals surface area contributed by atoms with Crippen molar-refractivity contribution < 1.29 is 22.7 Å². The number of aromatic nitrogens is 1. The second kappa shape index (κ2) is 14.1. The number of amides is 1. The molecule has 0 saturated carbocycles. The Hall–Kier alpha value is -3.51. The van der Waals surface area contributed by atoms with E-state index in [1.807, 2.05) is 43.3 Å². The summed E-state index contributed by atoms with van der Waals surface area (Å²) >= 11 is 1.40. The number of nitrogens with zero attached hydrogens (tertiary/aromatic N) is 4. The van der Waals surface area contributed by atoms with Gasteiger partial charge in [0.1, 0.15) is 0 Å². The van der Waals surface area contributed by atoms with Gasteiger partial charge in [0.25, 0.3) is 5.91 Å². The fourth-order valence-electron chi connectivity index (χ4n) is 4.65. The average Bonchev–Trinajstić information content (AvgIpc) is 3.44. The summed E-state index contributed by atoms with van der Waals surface area (Å²) in [7, 11) is -0.604. The van der Waals surface area contributed by atoms with Crippen molar-refractivity contribution in [2.75, 3.05) is 51.8 Å². The molecule has 1 amide bonds. The van der Waals surface area contributed by atoms with Gasteiger partial charge in [-0.05, 0) is 42.9 Å². The van der Waals surface area contributed by atoms with Crippen molar-refractivity contribution in [3.63, 3.8) is 0 Å². The Balaban J connectivity index is 1.64. The zero-order valence-corrected chi connectivity index (χ0v) is 26.4.